The molecule has 3 N–H and O–H groups in total. The summed E-state index contributed by atoms with van der Waals surface area (Å²) < 4.78 is 11.4. The van der Waals surface area contributed by atoms with Gasteiger partial charge >= 0.3 is 0 Å². The zero-order valence-corrected chi connectivity index (χ0v) is 16.4. The lowest BCUT2D eigenvalue weighted by Gasteiger charge is -2.27. The topological polar surface area (TPSA) is 75.1 Å². The van der Waals surface area contributed by atoms with E-state index in [0.717, 1.165) is 49.0 Å². The van der Waals surface area contributed by atoms with E-state index >= 15 is 0 Å². The maximum atomic E-state index is 9.34. The van der Waals surface area contributed by atoms with Gasteiger partial charge in [-0.3, -0.25) is 4.99 Å². The normalized spacial score (nSPS) is 19.4. The summed E-state index contributed by atoms with van der Waals surface area (Å²) in [5, 5.41) is 16.0. The van der Waals surface area contributed by atoms with Gasteiger partial charge in [-0.25, -0.2) is 0 Å². The Labute approximate surface area is 166 Å². The standard InChI is InChI=1S/C22H29N3O3/c1-23-21(25-16-22(11-13-26)12-14-27-17-22)24-15-18-7-9-20(10-8-18)28-19-5-3-2-4-6-19/h2-10,26H,11-17H2,1H3,(H2,23,24,25). The first-order valence-corrected chi connectivity index (χ1v) is 9.68. The van der Waals surface area contributed by atoms with Crippen LogP contribution in [0, 0.1) is 5.41 Å². The molecule has 0 aliphatic carbocycles. The van der Waals surface area contributed by atoms with Gasteiger partial charge in [0.2, 0.25) is 0 Å². The van der Waals surface area contributed by atoms with Gasteiger partial charge in [-0.15, -0.1) is 0 Å². The molecule has 1 unspecified atom stereocenters. The molecule has 2 aromatic carbocycles. The molecule has 1 saturated heterocycles. The predicted octanol–water partition coefficient (Wildman–Crippen LogP) is 2.93. The van der Waals surface area contributed by atoms with Gasteiger partial charge < -0.3 is 25.2 Å². The summed E-state index contributed by atoms with van der Waals surface area (Å²) in [4.78, 5) is 4.30. The summed E-state index contributed by atoms with van der Waals surface area (Å²) in [5.41, 5.74) is 1.13. The second-order valence-corrected chi connectivity index (χ2v) is 7.11. The highest BCUT2D eigenvalue weighted by molar-refractivity contribution is 5.79. The Bertz CT molecular complexity index is 741. The van der Waals surface area contributed by atoms with Gasteiger partial charge in [-0.1, -0.05) is 30.3 Å². The lowest BCUT2D eigenvalue weighted by molar-refractivity contribution is 0.127. The van der Waals surface area contributed by atoms with Crippen LogP contribution < -0.4 is 15.4 Å². The summed E-state index contributed by atoms with van der Waals surface area (Å²) in [6.45, 7) is 3.01. The molecule has 0 spiro atoms. The maximum absolute atomic E-state index is 9.34. The number of benzene rings is 2. The molecule has 3 rings (SSSR count). The fourth-order valence-electron chi connectivity index (χ4n) is 3.29. The molecular formula is C22H29N3O3. The third kappa shape index (κ3) is 5.71. The van der Waals surface area contributed by atoms with Crippen LogP contribution in [0.1, 0.15) is 18.4 Å². The van der Waals surface area contributed by atoms with Crippen molar-refractivity contribution < 1.29 is 14.6 Å². The van der Waals surface area contributed by atoms with Crippen LogP contribution >= 0.6 is 0 Å². The number of nitrogens with zero attached hydrogens (tertiary/aromatic N) is 1. The van der Waals surface area contributed by atoms with Gasteiger partial charge in [-0.2, -0.15) is 0 Å². The van der Waals surface area contributed by atoms with Gasteiger partial charge in [-0.05, 0) is 42.7 Å². The molecule has 0 saturated carbocycles. The molecule has 0 bridgehead atoms. The largest absolute Gasteiger partial charge is 0.457 e. The molecule has 1 heterocycles. The van der Waals surface area contributed by atoms with Crippen LogP contribution in [-0.4, -0.2) is 44.5 Å². The summed E-state index contributed by atoms with van der Waals surface area (Å²) >= 11 is 0. The van der Waals surface area contributed by atoms with Crippen molar-refractivity contribution in [2.75, 3.05) is 33.4 Å². The van der Waals surface area contributed by atoms with Crippen molar-refractivity contribution in [2.45, 2.75) is 19.4 Å². The molecule has 1 aliphatic heterocycles. The van der Waals surface area contributed by atoms with Gasteiger partial charge in [0, 0.05) is 38.8 Å². The highest BCUT2D eigenvalue weighted by Crippen LogP contribution is 2.31. The smallest absolute Gasteiger partial charge is 0.191 e. The van der Waals surface area contributed by atoms with Crippen molar-refractivity contribution in [1.29, 1.82) is 0 Å². The van der Waals surface area contributed by atoms with Crippen LogP contribution in [0.2, 0.25) is 0 Å². The number of hydrogen-bond acceptors (Lipinski definition) is 4. The molecule has 6 heteroatoms. The molecule has 28 heavy (non-hydrogen) atoms. The number of hydrogen-bond donors (Lipinski definition) is 3. The molecule has 0 aromatic heterocycles. The van der Waals surface area contributed by atoms with Crippen molar-refractivity contribution in [3.8, 4) is 11.5 Å². The number of para-hydroxylation sites is 1. The molecule has 2 aromatic rings. The molecule has 150 valence electrons. The number of aliphatic imine (C=N–C) groups is 1. The van der Waals surface area contributed by atoms with E-state index in [1.54, 1.807) is 7.05 Å². The zero-order chi connectivity index (χ0) is 19.7. The van der Waals surface area contributed by atoms with E-state index in [4.69, 9.17) is 9.47 Å². The van der Waals surface area contributed by atoms with E-state index in [2.05, 4.69) is 15.6 Å². The Balaban J connectivity index is 1.48. The van der Waals surface area contributed by atoms with Gasteiger partial charge in [0.25, 0.3) is 0 Å². The van der Waals surface area contributed by atoms with Crippen molar-refractivity contribution in [3.63, 3.8) is 0 Å². The monoisotopic (exact) mass is 383 g/mol. The molecular weight excluding hydrogens is 354 g/mol. The summed E-state index contributed by atoms with van der Waals surface area (Å²) in [6, 6.07) is 17.7. The fourth-order valence-corrected chi connectivity index (χ4v) is 3.29. The number of guanidine groups is 1. The Morgan fingerprint density at radius 2 is 1.86 bits per heavy atom. The first-order chi connectivity index (χ1) is 13.7. The number of ether oxygens (including phenoxy) is 2. The first kappa shape index (κ1) is 20.2. The zero-order valence-electron chi connectivity index (χ0n) is 16.4. The first-order valence-electron chi connectivity index (χ1n) is 9.68. The van der Waals surface area contributed by atoms with E-state index in [1.807, 2.05) is 54.6 Å². The van der Waals surface area contributed by atoms with Crippen molar-refractivity contribution in [2.24, 2.45) is 10.4 Å². The summed E-state index contributed by atoms with van der Waals surface area (Å²) in [7, 11) is 1.76. The number of aliphatic hydroxyl groups is 1. The second kappa shape index (κ2) is 10.1. The summed E-state index contributed by atoms with van der Waals surface area (Å²) in [6.07, 6.45) is 1.69. The lowest BCUT2D eigenvalue weighted by Crippen LogP contribution is -2.44. The SMILES string of the molecule is CN=C(NCc1ccc(Oc2ccccc2)cc1)NCC1(CCO)CCOC1. The van der Waals surface area contributed by atoms with E-state index in [-0.39, 0.29) is 12.0 Å². The average Bonchev–Trinajstić information content (AvgIpc) is 3.19. The van der Waals surface area contributed by atoms with Gasteiger partial charge in [0.05, 0.1) is 6.61 Å². The van der Waals surface area contributed by atoms with E-state index < -0.39 is 0 Å². The number of rotatable bonds is 8. The van der Waals surface area contributed by atoms with Crippen LogP contribution in [0.25, 0.3) is 0 Å². The van der Waals surface area contributed by atoms with Crippen LogP contribution in [-0.2, 0) is 11.3 Å². The van der Waals surface area contributed by atoms with Crippen molar-refractivity contribution >= 4 is 5.96 Å². The molecule has 0 amide bonds. The minimum absolute atomic E-state index is 0.0111. The van der Waals surface area contributed by atoms with Crippen molar-refractivity contribution in [3.05, 3.63) is 60.2 Å². The Hall–Kier alpha value is -2.57. The third-order valence-corrected chi connectivity index (χ3v) is 5.04. The second-order valence-electron chi connectivity index (χ2n) is 7.11. The molecule has 6 nitrogen and oxygen atoms in total. The minimum Gasteiger partial charge on any atom is -0.457 e. The molecule has 1 atom stereocenters. The number of aliphatic hydroxyl groups excluding tert-OH is 1. The van der Waals surface area contributed by atoms with Gasteiger partial charge in [0.15, 0.2) is 5.96 Å². The molecule has 0 radical (unpaired) electrons. The maximum Gasteiger partial charge on any atom is 0.191 e. The Morgan fingerprint density at radius 3 is 2.50 bits per heavy atom. The van der Waals surface area contributed by atoms with E-state index in [1.165, 1.54) is 0 Å². The minimum atomic E-state index is -0.0111. The number of nitrogens with one attached hydrogen (secondary N) is 2. The average molecular weight is 383 g/mol. The Kier molecular flexibility index (Phi) is 7.28. The van der Waals surface area contributed by atoms with Crippen LogP contribution in [0.3, 0.4) is 0 Å². The predicted molar refractivity (Wildman–Crippen MR) is 111 cm³/mol. The van der Waals surface area contributed by atoms with Crippen LogP contribution in [0.15, 0.2) is 59.6 Å². The quantitative estimate of drug-likeness (QED) is 0.483. The fraction of sp³-hybridized carbons (Fsp3) is 0.409. The van der Waals surface area contributed by atoms with E-state index in [9.17, 15) is 5.11 Å². The molecule has 1 fully saturated rings. The Morgan fingerprint density at radius 1 is 1.11 bits per heavy atom. The van der Waals surface area contributed by atoms with E-state index in [0.29, 0.717) is 13.2 Å². The highest BCUT2D eigenvalue weighted by atomic mass is 16.5. The third-order valence-electron chi connectivity index (χ3n) is 5.04. The van der Waals surface area contributed by atoms with Crippen molar-refractivity contribution in [1.82, 2.24) is 10.6 Å². The lowest BCUT2D eigenvalue weighted by atomic mass is 9.84. The molecule has 1 aliphatic rings. The summed E-state index contributed by atoms with van der Waals surface area (Å²) in [5.74, 6) is 2.38. The van der Waals surface area contributed by atoms with Gasteiger partial charge in [0.1, 0.15) is 11.5 Å². The highest BCUT2D eigenvalue weighted by Gasteiger charge is 2.34. The van der Waals surface area contributed by atoms with Crippen LogP contribution in [0.5, 0.6) is 11.5 Å². The van der Waals surface area contributed by atoms with Crippen LogP contribution in [0.4, 0.5) is 0 Å².